The van der Waals surface area contributed by atoms with Crippen LogP contribution in [-0.4, -0.2) is 28.0 Å². The third-order valence-corrected chi connectivity index (χ3v) is 2.79. The van der Waals surface area contributed by atoms with Crippen molar-refractivity contribution < 1.29 is 4.79 Å². The van der Waals surface area contributed by atoms with Gasteiger partial charge in [0.1, 0.15) is 5.82 Å². The Kier molecular flexibility index (Phi) is 5.22. The van der Waals surface area contributed by atoms with Gasteiger partial charge in [-0.05, 0) is 33.3 Å². The highest BCUT2D eigenvalue weighted by molar-refractivity contribution is 5.78. The van der Waals surface area contributed by atoms with Gasteiger partial charge < -0.3 is 10.6 Å². The lowest BCUT2D eigenvalue weighted by Crippen LogP contribution is -2.46. The van der Waals surface area contributed by atoms with E-state index >= 15 is 0 Å². The van der Waals surface area contributed by atoms with Crippen LogP contribution in [0.5, 0.6) is 0 Å². The van der Waals surface area contributed by atoms with Crippen molar-refractivity contribution in [2.24, 2.45) is 0 Å². The van der Waals surface area contributed by atoms with Gasteiger partial charge >= 0.3 is 0 Å². The van der Waals surface area contributed by atoms with Crippen LogP contribution in [0.4, 0.5) is 0 Å². The van der Waals surface area contributed by atoms with Gasteiger partial charge in [-0.3, -0.25) is 4.79 Å². The lowest BCUT2D eigenvalue weighted by atomic mass is 10.0. The van der Waals surface area contributed by atoms with Crippen LogP contribution in [0, 0.1) is 6.92 Å². The summed E-state index contributed by atoms with van der Waals surface area (Å²) in [5.41, 5.74) is 0.745. The molecule has 18 heavy (non-hydrogen) atoms. The first-order valence-corrected chi connectivity index (χ1v) is 6.23. The molecule has 1 heterocycles. The van der Waals surface area contributed by atoms with E-state index in [-0.39, 0.29) is 11.4 Å². The lowest BCUT2D eigenvalue weighted by Gasteiger charge is -2.24. The summed E-state index contributed by atoms with van der Waals surface area (Å²) < 4.78 is 0. The topological polar surface area (TPSA) is 66.9 Å². The Morgan fingerprint density at radius 2 is 2.17 bits per heavy atom. The number of hydrogen-bond acceptors (Lipinski definition) is 4. The SMILES string of the molecule is CCC(C)(C)NC(=O)CNCc1ccnc(C)n1. The van der Waals surface area contributed by atoms with Crippen molar-refractivity contribution in [3.63, 3.8) is 0 Å². The summed E-state index contributed by atoms with van der Waals surface area (Å²) in [4.78, 5) is 19.9. The molecule has 0 aliphatic carbocycles. The van der Waals surface area contributed by atoms with E-state index < -0.39 is 0 Å². The van der Waals surface area contributed by atoms with Gasteiger partial charge in [0.2, 0.25) is 5.91 Å². The molecule has 1 amide bonds. The molecule has 0 aromatic carbocycles. The first kappa shape index (κ1) is 14.6. The molecule has 2 N–H and O–H groups in total. The van der Waals surface area contributed by atoms with Crippen LogP contribution in [0.15, 0.2) is 12.3 Å². The van der Waals surface area contributed by atoms with Gasteiger partial charge in [0.05, 0.1) is 12.2 Å². The Bertz CT molecular complexity index is 404. The molecule has 1 rings (SSSR count). The van der Waals surface area contributed by atoms with E-state index in [0.29, 0.717) is 13.1 Å². The number of amides is 1. The molecule has 0 saturated carbocycles. The average Bonchev–Trinajstić information content (AvgIpc) is 2.28. The highest BCUT2D eigenvalue weighted by Crippen LogP contribution is 2.05. The molecule has 0 bridgehead atoms. The van der Waals surface area contributed by atoms with Crippen LogP contribution in [0.25, 0.3) is 0 Å². The Hall–Kier alpha value is -1.49. The van der Waals surface area contributed by atoms with Crippen LogP contribution in [-0.2, 0) is 11.3 Å². The molecule has 0 fully saturated rings. The quantitative estimate of drug-likeness (QED) is 0.795. The summed E-state index contributed by atoms with van der Waals surface area (Å²) in [6.07, 6.45) is 2.63. The van der Waals surface area contributed by atoms with Crippen LogP contribution in [0.1, 0.15) is 38.7 Å². The molecule has 0 saturated heterocycles. The number of aromatic nitrogens is 2. The van der Waals surface area contributed by atoms with E-state index in [1.807, 2.05) is 26.8 Å². The predicted octanol–water partition coefficient (Wildman–Crippen LogP) is 1.18. The highest BCUT2D eigenvalue weighted by atomic mass is 16.2. The molecular weight excluding hydrogens is 228 g/mol. The molecule has 0 atom stereocenters. The third kappa shape index (κ3) is 5.23. The van der Waals surface area contributed by atoms with Gasteiger partial charge in [-0.1, -0.05) is 6.92 Å². The van der Waals surface area contributed by atoms with Crippen molar-refractivity contribution in [1.29, 1.82) is 0 Å². The smallest absolute Gasteiger partial charge is 0.234 e. The van der Waals surface area contributed by atoms with Gasteiger partial charge in [-0.25, -0.2) is 9.97 Å². The first-order chi connectivity index (χ1) is 8.43. The molecule has 0 unspecified atom stereocenters. The number of carbonyl (C=O) groups is 1. The molecule has 5 nitrogen and oxygen atoms in total. The van der Waals surface area contributed by atoms with Crippen molar-refractivity contribution in [3.05, 3.63) is 23.8 Å². The average molecular weight is 250 g/mol. The number of nitrogens with one attached hydrogen (secondary N) is 2. The summed E-state index contributed by atoms with van der Waals surface area (Å²) in [6, 6.07) is 1.84. The van der Waals surface area contributed by atoms with Crippen LogP contribution >= 0.6 is 0 Å². The summed E-state index contributed by atoms with van der Waals surface area (Å²) in [5.74, 6) is 0.749. The van der Waals surface area contributed by atoms with Gasteiger partial charge in [0.15, 0.2) is 0 Å². The van der Waals surface area contributed by atoms with E-state index in [0.717, 1.165) is 17.9 Å². The van der Waals surface area contributed by atoms with E-state index in [1.54, 1.807) is 6.20 Å². The summed E-state index contributed by atoms with van der Waals surface area (Å²) >= 11 is 0. The number of nitrogens with zero attached hydrogens (tertiary/aromatic N) is 2. The summed E-state index contributed by atoms with van der Waals surface area (Å²) in [5, 5.41) is 6.04. The zero-order valence-electron chi connectivity index (χ0n) is 11.6. The highest BCUT2D eigenvalue weighted by Gasteiger charge is 2.17. The Morgan fingerprint density at radius 1 is 1.44 bits per heavy atom. The molecule has 0 aliphatic rings. The summed E-state index contributed by atoms with van der Waals surface area (Å²) in [7, 11) is 0. The standard InChI is InChI=1S/C13H22N4O/c1-5-13(3,4)17-12(18)9-14-8-11-6-7-15-10(2)16-11/h6-7,14H,5,8-9H2,1-4H3,(H,17,18). The van der Waals surface area contributed by atoms with Gasteiger partial charge in [0.25, 0.3) is 0 Å². The maximum atomic E-state index is 11.7. The molecule has 0 radical (unpaired) electrons. The molecule has 5 heteroatoms. The zero-order valence-corrected chi connectivity index (χ0v) is 11.6. The van der Waals surface area contributed by atoms with E-state index in [4.69, 9.17) is 0 Å². The monoisotopic (exact) mass is 250 g/mol. The van der Waals surface area contributed by atoms with E-state index in [9.17, 15) is 4.79 Å². The van der Waals surface area contributed by atoms with Crippen molar-refractivity contribution in [2.45, 2.75) is 46.2 Å². The van der Waals surface area contributed by atoms with Crippen LogP contribution < -0.4 is 10.6 Å². The second-order valence-corrected chi connectivity index (χ2v) is 4.98. The minimum atomic E-state index is -0.149. The predicted molar refractivity (Wildman–Crippen MR) is 71.0 cm³/mol. The number of rotatable bonds is 6. The normalized spacial score (nSPS) is 11.3. The van der Waals surface area contributed by atoms with Gasteiger partial charge in [-0.2, -0.15) is 0 Å². The van der Waals surface area contributed by atoms with Crippen molar-refractivity contribution in [3.8, 4) is 0 Å². The maximum absolute atomic E-state index is 11.7. The maximum Gasteiger partial charge on any atom is 0.234 e. The molecular formula is C13H22N4O. The fourth-order valence-electron chi connectivity index (χ4n) is 1.42. The summed E-state index contributed by atoms with van der Waals surface area (Å²) in [6.45, 7) is 8.80. The lowest BCUT2D eigenvalue weighted by molar-refractivity contribution is -0.121. The second kappa shape index (κ2) is 6.44. The number of aryl methyl sites for hydroxylation is 1. The molecule has 0 spiro atoms. The largest absolute Gasteiger partial charge is 0.350 e. The van der Waals surface area contributed by atoms with Crippen molar-refractivity contribution in [2.75, 3.05) is 6.54 Å². The number of carbonyl (C=O) groups excluding carboxylic acids is 1. The minimum Gasteiger partial charge on any atom is -0.350 e. The minimum absolute atomic E-state index is 0.00706. The van der Waals surface area contributed by atoms with Gasteiger partial charge in [-0.15, -0.1) is 0 Å². The number of hydrogen-bond donors (Lipinski definition) is 2. The first-order valence-electron chi connectivity index (χ1n) is 6.23. The molecule has 0 aliphatic heterocycles. The van der Waals surface area contributed by atoms with Crippen LogP contribution in [0.3, 0.4) is 0 Å². The Balaban J connectivity index is 2.32. The fourth-order valence-corrected chi connectivity index (χ4v) is 1.42. The van der Waals surface area contributed by atoms with Crippen molar-refractivity contribution >= 4 is 5.91 Å². The molecule has 1 aromatic heterocycles. The van der Waals surface area contributed by atoms with Crippen molar-refractivity contribution in [1.82, 2.24) is 20.6 Å². The fraction of sp³-hybridized carbons (Fsp3) is 0.615. The van der Waals surface area contributed by atoms with E-state index in [1.165, 1.54) is 0 Å². The molecule has 100 valence electrons. The Labute approximate surface area is 108 Å². The third-order valence-electron chi connectivity index (χ3n) is 2.79. The van der Waals surface area contributed by atoms with E-state index in [2.05, 4.69) is 27.5 Å². The zero-order chi connectivity index (χ0) is 13.6. The molecule has 1 aromatic rings. The van der Waals surface area contributed by atoms with Gasteiger partial charge in [0, 0.05) is 18.3 Å². The Morgan fingerprint density at radius 3 is 2.78 bits per heavy atom. The van der Waals surface area contributed by atoms with Crippen LogP contribution in [0.2, 0.25) is 0 Å². The second-order valence-electron chi connectivity index (χ2n) is 4.98.